The number of alkyl halides is 2. The van der Waals surface area contributed by atoms with Gasteiger partial charge in [-0.2, -0.15) is 0 Å². The van der Waals surface area contributed by atoms with E-state index in [-0.39, 0.29) is 12.5 Å². The molecule has 0 aromatic carbocycles. The Kier molecular flexibility index (Phi) is 3.20. The number of ether oxygens (including phenoxy) is 1. The van der Waals surface area contributed by atoms with Gasteiger partial charge in [-0.05, 0) is 19.3 Å². The predicted molar refractivity (Wildman–Crippen MR) is 37.6 cm³/mol. The van der Waals surface area contributed by atoms with Crippen molar-refractivity contribution in [3.05, 3.63) is 0 Å². The van der Waals surface area contributed by atoms with Gasteiger partial charge < -0.3 is 10.5 Å². The van der Waals surface area contributed by atoms with Crippen LogP contribution < -0.4 is 5.73 Å². The van der Waals surface area contributed by atoms with Gasteiger partial charge in [0.25, 0.3) is 6.43 Å². The van der Waals surface area contributed by atoms with Gasteiger partial charge in [0, 0.05) is 6.61 Å². The molecule has 66 valence electrons. The molecular formula is C7H13F2NO. The zero-order valence-corrected chi connectivity index (χ0v) is 6.30. The molecule has 1 heterocycles. The number of halogens is 2. The van der Waals surface area contributed by atoms with Gasteiger partial charge in [-0.3, -0.25) is 0 Å². The Balaban J connectivity index is 2.18. The van der Waals surface area contributed by atoms with Gasteiger partial charge in [-0.25, -0.2) is 8.78 Å². The summed E-state index contributed by atoms with van der Waals surface area (Å²) in [4.78, 5) is 0. The van der Waals surface area contributed by atoms with Crippen LogP contribution in [-0.2, 0) is 4.74 Å². The molecule has 4 heteroatoms. The highest BCUT2D eigenvalue weighted by Gasteiger charge is 2.23. The lowest BCUT2D eigenvalue weighted by Crippen LogP contribution is -2.32. The van der Waals surface area contributed by atoms with Crippen LogP contribution in [0, 0.1) is 0 Å². The molecule has 11 heavy (non-hydrogen) atoms. The topological polar surface area (TPSA) is 35.2 Å². The summed E-state index contributed by atoms with van der Waals surface area (Å²) in [6, 6.07) is -1.02. The highest BCUT2D eigenvalue weighted by Crippen LogP contribution is 2.18. The smallest absolute Gasteiger partial charge is 0.253 e. The van der Waals surface area contributed by atoms with Crippen molar-refractivity contribution >= 4 is 0 Å². The SMILES string of the molecule is NC(CC1CCCO1)C(F)F. The van der Waals surface area contributed by atoms with Crippen LogP contribution in [0.15, 0.2) is 0 Å². The summed E-state index contributed by atoms with van der Waals surface area (Å²) in [6.07, 6.45) is -0.309. The molecule has 0 amide bonds. The second kappa shape index (κ2) is 3.97. The van der Waals surface area contributed by atoms with E-state index in [0.717, 1.165) is 12.8 Å². The molecule has 0 radical (unpaired) electrons. The van der Waals surface area contributed by atoms with E-state index in [1.54, 1.807) is 0 Å². The Hall–Kier alpha value is -0.220. The van der Waals surface area contributed by atoms with Crippen molar-refractivity contribution in [2.75, 3.05) is 6.61 Å². The monoisotopic (exact) mass is 165 g/mol. The van der Waals surface area contributed by atoms with Crippen molar-refractivity contribution in [1.82, 2.24) is 0 Å². The second-order valence-electron chi connectivity index (χ2n) is 2.87. The van der Waals surface area contributed by atoms with Crippen LogP contribution in [-0.4, -0.2) is 25.2 Å². The Labute approximate surface area is 64.7 Å². The van der Waals surface area contributed by atoms with Crippen molar-refractivity contribution in [2.45, 2.75) is 37.8 Å². The summed E-state index contributed by atoms with van der Waals surface area (Å²) in [5, 5.41) is 0. The molecule has 0 saturated carbocycles. The fourth-order valence-corrected chi connectivity index (χ4v) is 1.24. The molecule has 0 spiro atoms. The van der Waals surface area contributed by atoms with E-state index in [1.165, 1.54) is 0 Å². The van der Waals surface area contributed by atoms with Crippen LogP contribution in [0.1, 0.15) is 19.3 Å². The Bertz CT molecular complexity index is 115. The standard InChI is InChI=1S/C7H13F2NO/c8-7(9)6(10)4-5-2-1-3-11-5/h5-7H,1-4,10H2. The maximum atomic E-state index is 11.9. The quantitative estimate of drug-likeness (QED) is 0.680. The van der Waals surface area contributed by atoms with Crippen molar-refractivity contribution < 1.29 is 13.5 Å². The van der Waals surface area contributed by atoms with Crippen molar-refractivity contribution in [3.8, 4) is 0 Å². The van der Waals surface area contributed by atoms with Crippen LogP contribution >= 0.6 is 0 Å². The molecule has 1 aliphatic heterocycles. The maximum Gasteiger partial charge on any atom is 0.253 e. The van der Waals surface area contributed by atoms with Crippen LogP contribution in [0.4, 0.5) is 8.78 Å². The van der Waals surface area contributed by atoms with Crippen molar-refractivity contribution in [2.24, 2.45) is 5.73 Å². The lowest BCUT2D eigenvalue weighted by molar-refractivity contribution is 0.0569. The molecule has 1 saturated heterocycles. The van der Waals surface area contributed by atoms with E-state index in [0.29, 0.717) is 6.61 Å². The average molecular weight is 165 g/mol. The largest absolute Gasteiger partial charge is 0.378 e. The first-order valence-electron chi connectivity index (χ1n) is 3.85. The summed E-state index contributed by atoms with van der Waals surface area (Å²) in [7, 11) is 0. The average Bonchev–Trinajstić information content (AvgIpc) is 2.39. The van der Waals surface area contributed by atoms with Gasteiger partial charge in [0.2, 0.25) is 0 Å². The van der Waals surface area contributed by atoms with Crippen LogP contribution in [0.5, 0.6) is 0 Å². The predicted octanol–water partition coefficient (Wildman–Crippen LogP) is 1.15. The van der Waals surface area contributed by atoms with E-state index in [4.69, 9.17) is 10.5 Å². The van der Waals surface area contributed by atoms with Crippen LogP contribution in [0.3, 0.4) is 0 Å². The molecule has 0 aromatic rings. The van der Waals surface area contributed by atoms with Gasteiger partial charge in [-0.15, -0.1) is 0 Å². The second-order valence-corrected chi connectivity index (χ2v) is 2.87. The number of rotatable bonds is 3. The van der Waals surface area contributed by atoms with Crippen molar-refractivity contribution in [1.29, 1.82) is 0 Å². The molecule has 2 unspecified atom stereocenters. The zero-order valence-electron chi connectivity index (χ0n) is 6.30. The summed E-state index contributed by atoms with van der Waals surface area (Å²) in [6.45, 7) is 0.695. The third-order valence-corrected chi connectivity index (χ3v) is 1.88. The molecule has 0 bridgehead atoms. The van der Waals surface area contributed by atoms with E-state index in [1.807, 2.05) is 0 Å². The Morgan fingerprint density at radius 1 is 1.55 bits per heavy atom. The van der Waals surface area contributed by atoms with Crippen LogP contribution in [0.25, 0.3) is 0 Å². The Morgan fingerprint density at radius 2 is 2.27 bits per heavy atom. The first-order chi connectivity index (χ1) is 5.20. The summed E-state index contributed by atoms with van der Waals surface area (Å²) in [5.41, 5.74) is 5.17. The molecule has 2 atom stereocenters. The normalized spacial score (nSPS) is 27.8. The minimum Gasteiger partial charge on any atom is -0.378 e. The molecule has 1 fully saturated rings. The van der Waals surface area contributed by atoms with Gasteiger partial charge in [0.15, 0.2) is 0 Å². The third-order valence-electron chi connectivity index (χ3n) is 1.88. The van der Waals surface area contributed by atoms with Gasteiger partial charge >= 0.3 is 0 Å². The lowest BCUT2D eigenvalue weighted by Gasteiger charge is -2.14. The molecule has 1 rings (SSSR count). The van der Waals surface area contributed by atoms with Gasteiger partial charge in [-0.1, -0.05) is 0 Å². The van der Waals surface area contributed by atoms with Crippen molar-refractivity contribution in [3.63, 3.8) is 0 Å². The zero-order chi connectivity index (χ0) is 8.27. The van der Waals surface area contributed by atoms with E-state index < -0.39 is 12.5 Å². The number of hydrogen-bond donors (Lipinski definition) is 1. The minimum absolute atomic E-state index is 0.0287. The first kappa shape index (κ1) is 8.87. The van der Waals surface area contributed by atoms with Gasteiger partial charge in [0.05, 0.1) is 12.1 Å². The summed E-state index contributed by atoms with van der Waals surface area (Å²) in [5.74, 6) is 0. The van der Waals surface area contributed by atoms with E-state index in [9.17, 15) is 8.78 Å². The lowest BCUT2D eigenvalue weighted by atomic mass is 10.1. The minimum atomic E-state index is -2.42. The van der Waals surface area contributed by atoms with E-state index in [2.05, 4.69) is 0 Å². The molecule has 2 nitrogen and oxygen atoms in total. The fraction of sp³-hybridized carbons (Fsp3) is 1.00. The molecule has 2 N–H and O–H groups in total. The summed E-state index contributed by atoms with van der Waals surface area (Å²) >= 11 is 0. The van der Waals surface area contributed by atoms with Crippen LogP contribution in [0.2, 0.25) is 0 Å². The first-order valence-corrected chi connectivity index (χ1v) is 3.85. The third kappa shape index (κ3) is 2.71. The van der Waals surface area contributed by atoms with E-state index >= 15 is 0 Å². The molecule has 0 aliphatic carbocycles. The summed E-state index contributed by atoms with van der Waals surface area (Å²) < 4.78 is 29.0. The molecular weight excluding hydrogens is 152 g/mol. The fourth-order valence-electron chi connectivity index (χ4n) is 1.24. The molecule has 1 aliphatic rings. The van der Waals surface area contributed by atoms with Gasteiger partial charge in [0.1, 0.15) is 0 Å². The number of hydrogen-bond acceptors (Lipinski definition) is 2. The maximum absolute atomic E-state index is 11.9. The highest BCUT2D eigenvalue weighted by atomic mass is 19.3. The Morgan fingerprint density at radius 3 is 2.73 bits per heavy atom. The highest BCUT2D eigenvalue weighted by molar-refractivity contribution is 4.73. The number of nitrogens with two attached hydrogens (primary N) is 1. The molecule has 0 aromatic heterocycles.